The van der Waals surface area contributed by atoms with Crippen LogP contribution < -0.4 is 0 Å². The van der Waals surface area contributed by atoms with Gasteiger partial charge < -0.3 is 14.9 Å². The van der Waals surface area contributed by atoms with Crippen LogP contribution in [0.3, 0.4) is 0 Å². The SMILES string of the molecule is C=C(C)C(=O)OC(O)(CO)C(C)(C)C. The zero-order valence-electron chi connectivity index (χ0n) is 9.13. The van der Waals surface area contributed by atoms with Gasteiger partial charge in [-0.2, -0.15) is 0 Å². The third kappa shape index (κ3) is 2.82. The van der Waals surface area contributed by atoms with Crippen LogP contribution in [0.25, 0.3) is 0 Å². The van der Waals surface area contributed by atoms with Gasteiger partial charge in [0.05, 0.1) is 0 Å². The number of carbonyl (C=O) groups is 1. The summed E-state index contributed by atoms with van der Waals surface area (Å²) >= 11 is 0. The maximum absolute atomic E-state index is 11.2. The Bertz CT molecular complexity index is 239. The zero-order valence-corrected chi connectivity index (χ0v) is 9.13. The van der Waals surface area contributed by atoms with Gasteiger partial charge in [0.2, 0.25) is 5.79 Å². The van der Waals surface area contributed by atoms with Crippen molar-refractivity contribution in [2.75, 3.05) is 6.61 Å². The number of carbonyl (C=O) groups excluding carboxylic acids is 1. The molecule has 0 aromatic carbocycles. The number of aliphatic hydroxyl groups is 2. The summed E-state index contributed by atoms with van der Waals surface area (Å²) in [6, 6.07) is 0. The molecule has 0 saturated carbocycles. The maximum Gasteiger partial charge on any atom is 0.335 e. The summed E-state index contributed by atoms with van der Waals surface area (Å²) in [7, 11) is 0. The molecule has 0 aromatic rings. The maximum atomic E-state index is 11.2. The molecule has 0 rings (SSSR count). The van der Waals surface area contributed by atoms with Crippen molar-refractivity contribution in [1.29, 1.82) is 0 Å². The summed E-state index contributed by atoms with van der Waals surface area (Å²) in [6.45, 7) is 9.20. The van der Waals surface area contributed by atoms with Gasteiger partial charge in [-0.15, -0.1) is 0 Å². The van der Waals surface area contributed by atoms with E-state index in [0.29, 0.717) is 0 Å². The largest absolute Gasteiger partial charge is 0.427 e. The normalized spacial score (nSPS) is 15.9. The predicted molar refractivity (Wildman–Crippen MR) is 52.4 cm³/mol. The van der Waals surface area contributed by atoms with Crippen LogP contribution in [0.5, 0.6) is 0 Å². The van der Waals surface area contributed by atoms with Crippen LogP contribution in [0.2, 0.25) is 0 Å². The second-order valence-corrected chi connectivity index (χ2v) is 4.36. The monoisotopic (exact) mass is 202 g/mol. The standard InChI is InChI=1S/C10H18O4/c1-7(2)8(12)14-10(13,6-11)9(3,4)5/h11,13H,1,6H2,2-5H3. The number of hydrogen-bond donors (Lipinski definition) is 2. The molecule has 0 saturated heterocycles. The van der Waals surface area contributed by atoms with E-state index in [2.05, 4.69) is 6.58 Å². The fraction of sp³-hybridized carbons (Fsp3) is 0.700. The molecular weight excluding hydrogens is 184 g/mol. The molecule has 0 aliphatic rings. The molecule has 0 bridgehead atoms. The molecule has 0 radical (unpaired) electrons. The Hall–Kier alpha value is -0.870. The molecule has 1 atom stereocenters. The lowest BCUT2D eigenvalue weighted by Gasteiger charge is -2.37. The zero-order chi connectivity index (χ0) is 11.6. The molecule has 0 aromatic heterocycles. The highest BCUT2D eigenvalue weighted by Gasteiger charge is 2.43. The van der Waals surface area contributed by atoms with Crippen LogP contribution in [0, 0.1) is 5.41 Å². The summed E-state index contributed by atoms with van der Waals surface area (Å²) in [4.78, 5) is 11.2. The van der Waals surface area contributed by atoms with Gasteiger partial charge in [-0.1, -0.05) is 27.4 Å². The fourth-order valence-electron chi connectivity index (χ4n) is 0.663. The number of esters is 1. The van der Waals surface area contributed by atoms with Gasteiger partial charge in [0.1, 0.15) is 6.61 Å². The molecule has 0 aliphatic carbocycles. The van der Waals surface area contributed by atoms with Gasteiger partial charge in [0, 0.05) is 11.0 Å². The van der Waals surface area contributed by atoms with Crippen LogP contribution in [0.15, 0.2) is 12.2 Å². The van der Waals surface area contributed by atoms with Gasteiger partial charge in [-0.05, 0) is 6.92 Å². The van der Waals surface area contributed by atoms with Crippen molar-refractivity contribution < 1.29 is 19.7 Å². The Labute approximate surface area is 84.2 Å². The van der Waals surface area contributed by atoms with E-state index in [1.807, 2.05) is 0 Å². The molecule has 4 heteroatoms. The molecule has 82 valence electrons. The van der Waals surface area contributed by atoms with Crippen molar-refractivity contribution in [2.45, 2.75) is 33.5 Å². The second-order valence-electron chi connectivity index (χ2n) is 4.36. The van der Waals surface area contributed by atoms with Gasteiger partial charge in [0.15, 0.2) is 0 Å². The lowest BCUT2D eigenvalue weighted by Crippen LogP contribution is -2.50. The summed E-state index contributed by atoms with van der Waals surface area (Å²) < 4.78 is 4.78. The third-order valence-corrected chi connectivity index (χ3v) is 2.00. The van der Waals surface area contributed by atoms with Crippen molar-refractivity contribution in [3.8, 4) is 0 Å². The number of hydrogen-bond acceptors (Lipinski definition) is 4. The first-order valence-corrected chi connectivity index (χ1v) is 4.36. The van der Waals surface area contributed by atoms with Gasteiger partial charge in [-0.3, -0.25) is 0 Å². The highest BCUT2D eigenvalue weighted by atomic mass is 16.7. The number of ether oxygens (including phenoxy) is 1. The Kier molecular flexibility index (Phi) is 3.85. The summed E-state index contributed by atoms with van der Waals surface area (Å²) in [6.07, 6.45) is 0. The van der Waals surface area contributed by atoms with E-state index in [4.69, 9.17) is 9.84 Å². The van der Waals surface area contributed by atoms with Gasteiger partial charge in [0.25, 0.3) is 0 Å². The average Bonchev–Trinajstić information content (AvgIpc) is 2.01. The van der Waals surface area contributed by atoms with Crippen LogP contribution in [-0.4, -0.2) is 28.6 Å². The van der Waals surface area contributed by atoms with Gasteiger partial charge in [-0.25, -0.2) is 4.79 Å². The molecule has 0 spiro atoms. The van der Waals surface area contributed by atoms with E-state index >= 15 is 0 Å². The quantitative estimate of drug-likeness (QED) is 0.404. The Morgan fingerprint density at radius 1 is 1.43 bits per heavy atom. The van der Waals surface area contributed by atoms with E-state index in [-0.39, 0.29) is 5.57 Å². The van der Waals surface area contributed by atoms with E-state index in [1.165, 1.54) is 6.92 Å². The Morgan fingerprint density at radius 2 is 1.86 bits per heavy atom. The highest BCUT2D eigenvalue weighted by Crippen LogP contribution is 2.31. The average molecular weight is 202 g/mol. The summed E-state index contributed by atoms with van der Waals surface area (Å²) in [5, 5.41) is 18.8. The van der Waals surface area contributed by atoms with Crippen molar-refractivity contribution in [3.63, 3.8) is 0 Å². The minimum absolute atomic E-state index is 0.182. The molecule has 0 fully saturated rings. The summed E-state index contributed by atoms with van der Waals surface area (Å²) in [5.41, 5.74) is -0.575. The minimum Gasteiger partial charge on any atom is -0.427 e. The smallest absolute Gasteiger partial charge is 0.335 e. The predicted octanol–water partition coefficient (Wildman–Crippen LogP) is 0.833. The first-order valence-electron chi connectivity index (χ1n) is 4.36. The van der Waals surface area contributed by atoms with Gasteiger partial charge >= 0.3 is 5.97 Å². The van der Waals surface area contributed by atoms with Crippen LogP contribution in [-0.2, 0) is 9.53 Å². The van der Waals surface area contributed by atoms with Crippen LogP contribution in [0.4, 0.5) is 0 Å². The van der Waals surface area contributed by atoms with Crippen molar-refractivity contribution in [1.82, 2.24) is 0 Å². The molecule has 1 unspecified atom stereocenters. The van der Waals surface area contributed by atoms with Crippen LogP contribution in [0.1, 0.15) is 27.7 Å². The molecule has 4 nitrogen and oxygen atoms in total. The molecular formula is C10H18O4. The Balaban J connectivity index is 4.74. The first-order chi connectivity index (χ1) is 6.14. The third-order valence-electron chi connectivity index (χ3n) is 2.00. The molecule has 14 heavy (non-hydrogen) atoms. The highest BCUT2D eigenvalue weighted by molar-refractivity contribution is 5.87. The molecule has 0 heterocycles. The van der Waals surface area contributed by atoms with E-state index in [0.717, 1.165) is 0 Å². The second kappa shape index (κ2) is 4.11. The Morgan fingerprint density at radius 3 is 2.07 bits per heavy atom. The van der Waals surface area contributed by atoms with Crippen LogP contribution >= 0.6 is 0 Å². The lowest BCUT2D eigenvalue weighted by molar-refractivity contribution is -0.262. The summed E-state index contributed by atoms with van der Waals surface area (Å²) in [5.74, 6) is -2.58. The number of rotatable bonds is 3. The van der Waals surface area contributed by atoms with Crippen molar-refractivity contribution in [2.24, 2.45) is 5.41 Å². The topological polar surface area (TPSA) is 66.8 Å². The number of aliphatic hydroxyl groups excluding tert-OH is 1. The first kappa shape index (κ1) is 13.1. The van der Waals surface area contributed by atoms with Crippen molar-refractivity contribution >= 4 is 5.97 Å². The lowest BCUT2D eigenvalue weighted by atomic mass is 9.86. The van der Waals surface area contributed by atoms with E-state index < -0.39 is 23.8 Å². The van der Waals surface area contributed by atoms with E-state index in [9.17, 15) is 9.90 Å². The molecule has 0 aliphatic heterocycles. The fourth-order valence-corrected chi connectivity index (χ4v) is 0.663. The molecule has 2 N–H and O–H groups in total. The van der Waals surface area contributed by atoms with Crippen molar-refractivity contribution in [3.05, 3.63) is 12.2 Å². The molecule has 0 amide bonds. The minimum atomic E-state index is -1.87. The van der Waals surface area contributed by atoms with E-state index in [1.54, 1.807) is 20.8 Å².